The SMILES string of the molecule is CN(C)C(=O)[C@@H]1C=C2c3cccc4[nH]cc(c34)C[C@H]2N(C)C1. The van der Waals surface area contributed by atoms with Gasteiger partial charge < -0.3 is 9.88 Å². The summed E-state index contributed by atoms with van der Waals surface area (Å²) >= 11 is 0. The topological polar surface area (TPSA) is 39.3 Å². The van der Waals surface area contributed by atoms with Crippen LogP contribution in [-0.2, 0) is 11.2 Å². The van der Waals surface area contributed by atoms with Crippen molar-refractivity contribution >= 4 is 22.4 Å². The van der Waals surface area contributed by atoms with Crippen molar-refractivity contribution in [2.75, 3.05) is 27.7 Å². The first-order valence-electron chi connectivity index (χ1n) is 7.78. The predicted molar refractivity (Wildman–Crippen MR) is 88.6 cm³/mol. The number of likely N-dealkylation sites (N-methyl/N-ethyl adjacent to an activating group) is 1. The van der Waals surface area contributed by atoms with E-state index in [4.69, 9.17) is 0 Å². The summed E-state index contributed by atoms with van der Waals surface area (Å²) in [6, 6.07) is 6.78. The van der Waals surface area contributed by atoms with Gasteiger partial charge in [0.25, 0.3) is 0 Å². The van der Waals surface area contributed by atoms with Gasteiger partial charge in [-0.05, 0) is 36.2 Å². The van der Waals surface area contributed by atoms with Crippen molar-refractivity contribution in [3.8, 4) is 0 Å². The van der Waals surface area contributed by atoms with Gasteiger partial charge in [-0.1, -0.05) is 18.2 Å². The molecule has 114 valence electrons. The lowest BCUT2D eigenvalue weighted by Gasteiger charge is -2.40. The molecule has 2 heterocycles. The molecule has 0 saturated carbocycles. The molecule has 1 aliphatic carbocycles. The Morgan fingerprint density at radius 3 is 2.95 bits per heavy atom. The molecule has 4 rings (SSSR count). The Bertz CT molecular complexity index is 787. The number of aromatic amines is 1. The second kappa shape index (κ2) is 4.71. The summed E-state index contributed by atoms with van der Waals surface area (Å²) in [6.45, 7) is 0.793. The molecule has 22 heavy (non-hydrogen) atoms. The van der Waals surface area contributed by atoms with Gasteiger partial charge in [0.1, 0.15) is 0 Å². The van der Waals surface area contributed by atoms with Crippen LogP contribution in [0.3, 0.4) is 0 Å². The fourth-order valence-electron chi connectivity index (χ4n) is 3.94. The fraction of sp³-hybridized carbons (Fsp3) is 0.389. The number of carbonyl (C=O) groups is 1. The van der Waals surface area contributed by atoms with Crippen LogP contribution in [0.5, 0.6) is 0 Å². The molecule has 0 radical (unpaired) electrons. The number of amides is 1. The number of H-pyrrole nitrogens is 1. The molecular weight excluding hydrogens is 274 g/mol. The van der Waals surface area contributed by atoms with Crippen LogP contribution in [0.4, 0.5) is 0 Å². The average molecular weight is 295 g/mol. The molecule has 4 heteroatoms. The molecule has 1 aromatic heterocycles. The number of benzene rings is 1. The van der Waals surface area contributed by atoms with E-state index in [0.29, 0.717) is 6.04 Å². The number of hydrogen-bond acceptors (Lipinski definition) is 2. The highest BCUT2D eigenvalue weighted by Gasteiger charge is 2.35. The lowest BCUT2D eigenvalue weighted by atomic mass is 9.79. The largest absolute Gasteiger partial charge is 0.361 e. The molecule has 0 saturated heterocycles. The first kappa shape index (κ1) is 13.6. The van der Waals surface area contributed by atoms with E-state index in [0.717, 1.165) is 13.0 Å². The smallest absolute Gasteiger partial charge is 0.230 e. The van der Waals surface area contributed by atoms with Gasteiger partial charge in [0.15, 0.2) is 0 Å². The highest BCUT2D eigenvalue weighted by atomic mass is 16.2. The maximum Gasteiger partial charge on any atom is 0.230 e. The van der Waals surface area contributed by atoms with E-state index in [9.17, 15) is 4.79 Å². The summed E-state index contributed by atoms with van der Waals surface area (Å²) in [7, 11) is 5.79. The molecule has 2 aromatic rings. The minimum Gasteiger partial charge on any atom is -0.361 e. The Kier molecular flexibility index (Phi) is 2.91. The quantitative estimate of drug-likeness (QED) is 0.875. The Hall–Kier alpha value is -2.07. The van der Waals surface area contributed by atoms with Crippen LogP contribution in [-0.4, -0.2) is 54.4 Å². The monoisotopic (exact) mass is 295 g/mol. The second-order valence-electron chi connectivity index (χ2n) is 6.66. The maximum absolute atomic E-state index is 12.4. The normalized spacial score (nSPS) is 24.0. The Morgan fingerprint density at radius 2 is 2.18 bits per heavy atom. The zero-order chi connectivity index (χ0) is 15.4. The van der Waals surface area contributed by atoms with Crippen LogP contribution in [0.2, 0.25) is 0 Å². The fourth-order valence-corrected chi connectivity index (χ4v) is 3.94. The van der Waals surface area contributed by atoms with Gasteiger partial charge in [-0.25, -0.2) is 0 Å². The van der Waals surface area contributed by atoms with Gasteiger partial charge in [0, 0.05) is 43.8 Å². The predicted octanol–water partition coefficient (Wildman–Crippen LogP) is 2.13. The van der Waals surface area contributed by atoms with E-state index in [1.54, 1.807) is 4.90 Å². The Labute approximate surface area is 130 Å². The van der Waals surface area contributed by atoms with Crippen molar-refractivity contribution in [2.45, 2.75) is 12.5 Å². The molecular formula is C18H21N3O. The van der Waals surface area contributed by atoms with E-state index >= 15 is 0 Å². The number of fused-ring (bicyclic) bond motifs is 2. The zero-order valence-electron chi connectivity index (χ0n) is 13.3. The number of nitrogens with zero attached hydrogens (tertiary/aromatic N) is 2. The third-order valence-corrected chi connectivity index (χ3v) is 5.03. The molecule has 0 spiro atoms. The van der Waals surface area contributed by atoms with Crippen molar-refractivity contribution in [1.82, 2.24) is 14.8 Å². The van der Waals surface area contributed by atoms with E-state index in [1.165, 1.54) is 27.6 Å². The van der Waals surface area contributed by atoms with Crippen LogP contribution in [0.25, 0.3) is 16.5 Å². The summed E-state index contributed by atoms with van der Waals surface area (Å²) in [5, 5.41) is 1.33. The number of rotatable bonds is 1. The highest BCUT2D eigenvalue weighted by Crippen LogP contribution is 2.40. The van der Waals surface area contributed by atoms with Gasteiger partial charge in [-0.3, -0.25) is 9.69 Å². The molecule has 2 atom stereocenters. The molecule has 1 aromatic carbocycles. The standard InChI is InChI=1S/C18H21N3O/c1-20(2)18(22)12-7-14-13-5-4-6-15-17(13)11(9-19-15)8-16(14)21(3)10-12/h4-7,9,12,16,19H,8,10H2,1-3H3/t12-,16-/m1/s1. The van der Waals surface area contributed by atoms with E-state index in [1.807, 2.05) is 14.1 Å². The van der Waals surface area contributed by atoms with E-state index in [2.05, 4.69) is 47.4 Å². The van der Waals surface area contributed by atoms with Gasteiger partial charge >= 0.3 is 0 Å². The average Bonchev–Trinajstić information content (AvgIpc) is 2.92. The van der Waals surface area contributed by atoms with Crippen LogP contribution in [0.1, 0.15) is 11.1 Å². The van der Waals surface area contributed by atoms with Crippen LogP contribution in [0, 0.1) is 5.92 Å². The van der Waals surface area contributed by atoms with Crippen molar-refractivity contribution < 1.29 is 4.79 Å². The highest BCUT2D eigenvalue weighted by molar-refractivity contribution is 5.99. The number of hydrogen-bond donors (Lipinski definition) is 1. The Morgan fingerprint density at radius 1 is 1.36 bits per heavy atom. The van der Waals surface area contributed by atoms with Crippen molar-refractivity contribution in [2.24, 2.45) is 5.92 Å². The summed E-state index contributed by atoms with van der Waals surface area (Å²) in [5.41, 5.74) is 5.17. The van der Waals surface area contributed by atoms with Gasteiger partial charge in [-0.2, -0.15) is 0 Å². The molecule has 1 amide bonds. The van der Waals surface area contributed by atoms with Gasteiger partial charge in [-0.15, -0.1) is 0 Å². The molecule has 4 nitrogen and oxygen atoms in total. The van der Waals surface area contributed by atoms with Crippen molar-refractivity contribution in [3.05, 3.63) is 41.6 Å². The summed E-state index contributed by atoms with van der Waals surface area (Å²) in [6.07, 6.45) is 5.36. The van der Waals surface area contributed by atoms with Crippen LogP contribution >= 0.6 is 0 Å². The van der Waals surface area contributed by atoms with Crippen LogP contribution in [0.15, 0.2) is 30.5 Å². The minimum atomic E-state index is -0.0537. The third kappa shape index (κ3) is 1.83. The third-order valence-electron chi connectivity index (χ3n) is 5.03. The molecule has 2 aliphatic rings. The number of nitrogens with one attached hydrogen (secondary N) is 1. The molecule has 0 bridgehead atoms. The summed E-state index contributed by atoms with van der Waals surface area (Å²) in [5.74, 6) is 0.131. The molecule has 1 N–H and O–H groups in total. The van der Waals surface area contributed by atoms with Crippen molar-refractivity contribution in [3.63, 3.8) is 0 Å². The van der Waals surface area contributed by atoms with Gasteiger partial charge in [0.2, 0.25) is 5.91 Å². The minimum absolute atomic E-state index is 0.0537. The van der Waals surface area contributed by atoms with E-state index in [-0.39, 0.29) is 11.8 Å². The number of aromatic nitrogens is 1. The van der Waals surface area contributed by atoms with Gasteiger partial charge in [0.05, 0.1) is 5.92 Å². The second-order valence-corrected chi connectivity index (χ2v) is 6.66. The lowest BCUT2D eigenvalue weighted by Crippen LogP contribution is -2.46. The Balaban J connectivity index is 1.88. The van der Waals surface area contributed by atoms with Crippen molar-refractivity contribution in [1.29, 1.82) is 0 Å². The maximum atomic E-state index is 12.4. The summed E-state index contributed by atoms with van der Waals surface area (Å²) in [4.78, 5) is 19.8. The number of carbonyl (C=O) groups excluding carboxylic acids is 1. The first-order chi connectivity index (χ1) is 10.6. The first-order valence-corrected chi connectivity index (χ1v) is 7.78. The zero-order valence-corrected chi connectivity index (χ0v) is 13.3. The summed E-state index contributed by atoms with van der Waals surface area (Å²) < 4.78 is 0. The molecule has 1 aliphatic heterocycles. The van der Waals surface area contributed by atoms with E-state index < -0.39 is 0 Å². The molecule has 0 fully saturated rings. The lowest BCUT2D eigenvalue weighted by molar-refractivity contribution is -0.132. The molecule has 0 unspecified atom stereocenters. The van der Waals surface area contributed by atoms with Crippen LogP contribution < -0.4 is 0 Å².